The Morgan fingerprint density at radius 2 is 2.03 bits per heavy atom. The van der Waals surface area contributed by atoms with Gasteiger partial charge in [-0.05, 0) is 25.5 Å². The lowest BCUT2D eigenvalue weighted by molar-refractivity contribution is -0.157. The van der Waals surface area contributed by atoms with Crippen LogP contribution in [0.25, 0.3) is 10.9 Å². The van der Waals surface area contributed by atoms with E-state index in [-0.39, 0.29) is 24.7 Å². The molecule has 32 heavy (non-hydrogen) atoms. The number of anilines is 1. The number of fused-ring (bicyclic) bond motifs is 1. The van der Waals surface area contributed by atoms with Gasteiger partial charge in [-0.1, -0.05) is 30.3 Å². The number of carbonyl (C=O) groups excluding carboxylic acids is 1. The zero-order chi connectivity index (χ0) is 22.5. The number of rotatable bonds is 8. The highest BCUT2D eigenvalue weighted by atomic mass is 16.5. The lowest BCUT2D eigenvalue weighted by atomic mass is 10.1. The molecule has 1 aliphatic rings. The summed E-state index contributed by atoms with van der Waals surface area (Å²) < 4.78 is 16.8. The van der Waals surface area contributed by atoms with Crippen LogP contribution >= 0.6 is 0 Å². The Bertz CT molecular complexity index is 1080. The highest BCUT2D eigenvalue weighted by Crippen LogP contribution is 2.34. The number of cyclic esters (lactones) is 1. The van der Waals surface area contributed by atoms with E-state index >= 15 is 0 Å². The Balaban J connectivity index is 1.52. The SMILES string of the molecule is COc1cc2ncnc(NC(C)c3ccccc3)c2cc1OCCN1CC(=O)OC(C)C1. The van der Waals surface area contributed by atoms with Crippen LogP contribution in [0.15, 0.2) is 48.8 Å². The van der Waals surface area contributed by atoms with Crippen LogP contribution in [0.1, 0.15) is 25.5 Å². The number of esters is 1. The van der Waals surface area contributed by atoms with Gasteiger partial charge in [0, 0.05) is 30.6 Å². The Labute approximate surface area is 187 Å². The van der Waals surface area contributed by atoms with Crippen LogP contribution in [-0.4, -0.2) is 60.3 Å². The summed E-state index contributed by atoms with van der Waals surface area (Å²) in [6, 6.07) is 14.0. The summed E-state index contributed by atoms with van der Waals surface area (Å²) >= 11 is 0. The number of hydrogen-bond acceptors (Lipinski definition) is 8. The normalized spacial score (nSPS) is 17.6. The van der Waals surface area contributed by atoms with Crippen molar-refractivity contribution in [1.82, 2.24) is 14.9 Å². The lowest BCUT2D eigenvalue weighted by Gasteiger charge is -2.29. The van der Waals surface area contributed by atoms with Gasteiger partial charge in [0.2, 0.25) is 0 Å². The molecule has 1 aliphatic heterocycles. The van der Waals surface area contributed by atoms with Crippen molar-refractivity contribution in [2.24, 2.45) is 0 Å². The third kappa shape index (κ3) is 5.08. The van der Waals surface area contributed by atoms with Crippen LogP contribution in [0.2, 0.25) is 0 Å². The number of carbonyl (C=O) groups is 1. The van der Waals surface area contributed by atoms with Crippen LogP contribution < -0.4 is 14.8 Å². The average Bonchev–Trinajstić information content (AvgIpc) is 2.79. The third-order valence-corrected chi connectivity index (χ3v) is 5.44. The summed E-state index contributed by atoms with van der Waals surface area (Å²) in [6.45, 7) is 5.99. The predicted octanol–water partition coefficient (Wildman–Crippen LogP) is 3.44. The molecule has 2 heterocycles. The number of aromatic nitrogens is 2. The van der Waals surface area contributed by atoms with Crippen LogP contribution in [0.3, 0.4) is 0 Å². The van der Waals surface area contributed by atoms with Crippen molar-refractivity contribution in [2.75, 3.05) is 38.7 Å². The Kier molecular flexibility index (Phi) is 6.70. The molecule has 168 valence electrons. The van der Waals surface area contributed by atoms with Crippen LogP contribution in [0, 0.1) is 0 Å². The van der Waals surface area contributed by atoms with Crippen LogP contribution in [0.5, 0.6) is 11.5 Å². The molecule has 0 aliphatic carbocycles. The summed E-state index contributed by atoms with van der Waals surface area (Å²) in [5.41, 5.74) is 1.93. The van der Waals surface area contributed by atoms with E-state index in [1.165, 1.54) is 5.56 Å². The van der Waals surface area contributed by atoms with Gasteiger partial charge < -0.3 is 19.5 Å². The second kappa shape index (κ2) is 9.82. The molecule has 0 bridgehead atoms. The maximum atomic E-state index is 11.6. The second-order valence-corrected chi connectivity index (χ2v) is 7.90. The zero-order valence-electron chi connectivity index (χ0n) is 18.6. The van der Waals surface area contributed by atoms with E-state index < -0.39 is 0 Å². The highest BCUT2D eigenvalue weighted by molar-refractivity contribution is 5.91. The average molecular weight is 437 g/mol. The molecule has 3 aromatic rings. The van der Waals surface area contributed by atoms with Gasteiger partial charge in [-0.15, -0.1) is 0 Å². The molecule has 0 amide bonds. The molecule has 1 saturated heterocycles. The summed E-state index contributed by atoms with van der Waals surface area (Å²) in [7, 11) is 1.61. The van der Waals surface area contributed by atoms with Gasteiger partial charge in [-0.2, -0.15) is 0 Å². The quantitative estimate of drug-likeness (QED) is 0.538. The minimum absolute atomic E-state index is 0.0709. The van der Waals surface area contributed by atoms with Crippen LogP contribution in [-0.2, 0) is 9.53 Å². The van der Waals surface area contributed by atoms with E-state index in [1.54, 1.807) is 13.4 Å². The number of methoxy groups -OCH3 is 1. The fraction of sp³-hybridized carbons (Fsp3) is 0.375. The molecule has 4 rings (SSSR count). The molecule has 2 atom stereocenters. The standard InChI is InChI=1S/C24H28N4O4/c1-16-13-28(14-23(29)32-16)9-10-31-22-11-19-20(12-21(22)30-3)25-15-26-24(19)27-17(2)18-7-5-4-6-8-18/h4-8,11-12,15-17H,9-10,13-14H2,1-3H3,(H,25,26,27). The molecule has 8 heteroatoms. The molecule has 0 radical (unpaired) electrons. The van der Waals surface area contributed by atoms with E-state index in [2.05, 4.69) is 34.3 Å². The minimum atomic E-state index is -0.201. The minimum Gasteiger partial charge on any atom is -0.493 e. The molecule has 2 unspecified atom stereocenters. The number of nitrogens with zero attached hydrogens (tertiary/aromatic N) is 3. The monoisotopic (exact) mass is 436 g/mol. The van der Waals surface area contributed by atoms with Crippen molar-refractivity contribution in [3.63, 3.8) is 0 Å². The fourth-order valence-electron chi connectivity index (χ4n) is 3.85. The first kappa shape index (κ1) is 21.8. The van der Waals surface area contributed by atoms with E-state index in [0.717, 1.165) is 16.7 Å². The van der Waals surface area contributed by atoms with Gasteiger partial charge in [0.25, 0.3) is 0 Å². The number of nitrogens with one attached hydrogen (secondary N) is 1. The fourth-order valence-corrected chi connectivity index (χ4v) is 3.85. The molecule has 8 nitrogen and oxygen atoms in total. The molecular weight excluding hydrogens is 408 g/mol. The van der Waals surface area contributed by atoms with Gasteiger partial charge in [0.05, 0.1) is 19.2 Å². The van der Waals surface area contributed by atoms with Gasteiger partial charge in [0.1, 0.15) is 24.9 Å². The number of benzene rings is 2. The van der Waals surface area contributed by atoms with Gasteiger partial charge in [-0.3, -0.25) is 9.69 Å². The Hall–Kier alpha value is -3.39. The Morgan fingerprint density at radius 3 is 2.78 bits per heavy atom. The first-order valence-corrected chi connectivity index (χ1v) is 10.7. The number of ether oxygens (including phenoxy) is 3. The van der Waals surface area contributed by atoms with Crippen molar-refractivity contribution in [3.8, 4) is 11.5 Å². The molecule has 1 aromatic heterocycles. The zero-order valence-corrected chi connectivity index (χ0v) is 18.6. The number of morpholine rings is 1. The van der Waals surface area contributed by atoms with Crippen molar-refractivity contribution >= 4 is 22.7 Å². The van der Waals surface area contributed by atoms with Crippen molar-refractivity contribution < 1.29 is 19.0 Å². The van der Waals surface area contributed by atoms with Gasteiger partial charge in [0.15, 0.2) is 11.5 Å². The lowest BCUT2D eigenvalue weighted by Crippen LogP contribution is -2.45. The molecule has 1 fully saturated rings. The first-order valence-electron chi connectivity index (χ1n) is 10.7. The summed E-state index contributed by atoms with van der Waals surface area (Å²) in [5, 5.41) is 4.32. The summed E-state index contributed by atoms with van der Waals surface area (Å²) in [5.74, 6) is 1.74. The van der Waals surface area contributed by atoms with Crippen molar-refractivity contribution in [2.45, 2.75) is 26.0 Å². The van der Waals surface area contributed by atoms with E-state index in [1.807, 2.05) is 42.2 Å². The summed E-state index contributed by atoms with van der Waals surface area (Å²) in [6.07, 6.45) is 1.43. The Morgan fingerprint density at radius 1 is 1.22 bits per heavy atom. The smallest absolute Gasteiger partial charge is 0.320 e. The molecular formula is C24H28N4O4. The molecule has 2 aromatic carbocycles. The molecule has 0 saturated carbocycles. The molecule has 0 spiro atoms. The molecule has 1 N–H and O–H groups in total. The van der Waals surface area contributed by atoms with E-state index in [0.29, 0.717) is 31.2 Å². The largest absolute Gasteiger partial charge is 0.493 e. The maximum Gasteiger partial charge on any atom is 0.320 e. The number of hydrogen-bond donors (Lipinski definition) is 1. The van der Waals surface area contributed by atoms with E-state index in [4.69, 9.17) is 14.2 Å². The predicted molar refractivity (Wildman–Crippen MR) is 122 cm³/mol. The summed E-state index contributed by atoms with van der Waals surface area (Å²) in [4.78, 5) is 22.5. The maximum absolute atomic E-state index is 11.6. The second-order valence-electron chi connectivity index (χ2n) is 7.90. The topological polar surface area (TPSA) is 85.8 Å². The highest BCUT2D eigenvalue weighted by Gasteiger charge is 2.23. The third-order valence-electron chi connectivity index (χ3n) is 5.44. The van der Waals surface area contributed by atoms with Crippen molar-refractivity contribution in [3.05, 3.63) is 54.4 Å². The van der Waals surface area contributed by atoms with Crippen LogP contribution in [0.4, 0.5) is 5.82 Å². The van der Waals surface area contributed by atoms with Crippen molar-refractivity contribution in [1.29, 1.82) is 0 Å². The van der Waals surface area contributed by atoms with Gasteiger partial charge >= 0.3 is 5.97 Å². The van der Waals surface area contributed by atoms with Gasteiger partial charge in [-0.25, -0.2) is 9.97 Å². The van der Waals surface area contributed by atoms with E-state index in [9.17, 15) is 4.79 Å². The first-order chi connectivity index (χ1) is 15.5.